The number of aromatic nitrogens is 1. The molecular weight excluding hydrogens is 402 g/mol. The summed E-state index contributed by atoms with van der Waals surface area (Å²) in [7, 11) is 0. The zero-order chi connectivity index (χ0) is 21.8. The lowest BCUT2D eigenvalue weighted by Crippen LogP contribution is -2.39. The fourth-order valence-electron chi connectivity index (χ4n) is 4.56. The summed E-state index contributed by atoms with van der Waals surface area (Å²) in [4.78, 5) is 19.8. The Labute approximate surface area is 188 Å². The minimum atomic E-state index is -0.142. The van der Waals surface area contributed by atoms with E-state index in [1.165, 1.54) is 0 Å². The average molecular weight is 430 g/mol. The zero-order valence-corrected chi connectivity index (χ0v) is 17.9. The van der Waals surface area contributed by atoms with Crippen molar-refractivity contribution in [2.24, 2.45) is 0 Å². The van der Waals surface area contributed by atoms with E-state index in [2.05, 4.69) is 28.5 Å². The maximum Gasteiger partial charge on any atom is 0.237 e. The Morgan fingerprint density at radius 1 is 1.03 bits per heavy atom. The van der Waals surface area contributed by atoms with Gasteiger partial charge in [0.15, 0.2) is 11.5 Å². The fourth-order valence-corrected chi connectivity index (χ4v) is 4.56. The summed E-state index contributed by atoms with van der Waals surface area (Å²) < 4.78 is 11.4. The van der Waals surface area contributed by atoms with E-state index in [0.717, 1.165) is 47.7 Å². The third kappa shape index (κ3) is 4.32. The second-order valence-corrected chi connectivity index (χ2v) is 8.13. The number of fused-ring (bicyclic) bond motifs is 1. The van der Waals surface area contributed by atoms with Crippen molar-refractivity contribution in [3.05, 3.63) is 89.7 Å². The molecule has 0 saturated carbocycles. The van der Waals surface area contributed by atoms with Gasteiger partial charge in [0, 0.05) is 12.7 Å². The number of hydrogen-bond acceptors (Lipinski definition) is 5. The molecular formula is C26H27N3O3. The predicted octanol–water partition coefficient (Wildman–Crippen LogP) is 3.90. The summed E-state index contributed by atoms with van der Waals surface area (Å²) in [5.41, 5.74) is 3.09. The number of benzene rings is 2. The molecule has 0 aliphatic carbocycles. The van der Waals surface area contributed by atoms with Crippen molar-refractivity contribution in [1.82, 2.24) is 15.2 Å². The molecule has 0 bridgehead atoms. The molecule has 1 fully saturated rings. The van der Waals surface area contributed by atoms with Crippen molar-refractivity contribution in [3.8, 4) is 11.5 Å². The second kappa shape index (κ2) is 9.40. The smallest absolute Gasteiger partial charge is 0.237 e. The number of carbonyl (C=O) groups excluding carboxylic acids is 1. The number of nitrogens with zero attached hydrogens (tertiary/aromatic N) is 2. The van der Waals surface area contributed by atoms with Crippen LogP contribution in [0.2, 0.25) is 0 Å². The lowest BCUT2D eigenvalue weighted by atomic mass is 10.0. The molecule has 2 aromatic carbocycles. The van der Waals surface area contributed by atoms with Crippen molar-refractivity contribution in [1.29, 1.82) is 0 Å². The van der Waals surface area contributed by atoms with Gasteiger partial charge in [0.2, 0.25) is 5.91 Å². The maximum atomic E-state index is 13.3. The number of nitrogens with one attached hydrogen (secondary N) is 1. The number of rotatable bonds is 6. The van der Waals surface area contributed by atoms with E-state index in [0.29, 0.717) is 13.2 Å². The van der Waals surface area contributed by atoms with Crippen LogP contribution in [-0.4, -0.2) is 42.1 Å². The Morgan fingerprint density at radius 2 is 1.84 bits per heavy atom. The molecule has 1 amide bonds. The summed E-state index contributed by atoms with van der Waals surface area (Å²) in [5.74, 6) is 1.64. The van der Waals surface area contributed by atoms with E-state index >= 15 is 0 Å². The summed E-state index contributed by atoms with van der Waals surface area (Å²) in [6, 6.07) is 21.9. The molecule has 0 radical (unpaired) electrons. The van der Waals surface area contributed by atoms with E-state index in [1.807, 2.05) is 53.4 Å². The van der Waals surface area contributed by atoms with Crippen LogP contribution in [0.5, 0.6) is 11.5 Å². The number of pyridine rings is 1. The minimum Gasteiger partial charge on any atom is -0.486 e. The Hall–Kier alpha value is -3.38. The standard InChI is InChI=1S/C26H27N3O3/c30-25(18-28-26(19-7-2-1-3-8-19)21-9-4-5-13-27-21)29-14-6-10-22(29)20-11-12-23-24(17-20)32-16-15-31-23/h1-5,7-9,11-13,17,22,26,28H,6,10,14-16,18H2. The van der Waals surface area contributed by atoms with Crippen LogP contribution < -0.4 is 14.8 Å². The molecule has 2 aliphatic heterocycles. The molecule has 2 unspecified atom stereocenters. The molecule has 0 spiro atoms. The van der Waals surface area contributed by atoms with Gasteiger partial charge < -0.3 is 14.4 Å². The molecule has 164 valence electrons. The van der Waals surface area contributed by atoms with Crippen LogP contribution in [0.1, 0.15) is 41.7 Å². The Balaban J connectivity index is 1.31. The van der Waals surface area contributed by atoms with Crippen LogP contribution in [-0.2, 0) is 4.79 Å². The summed E-state index contributed by atoms with van der Waals surface area (Å²) >= 11 is 0. The summed E-state index contributed by atoms with van der Waals surface area (Å²) in [5, 5.41) is 3.45. The van der Waals surface area contributed by atoms with Crippen molar-refractivity contribution < 1.29 is 14.3 Å². The van der Waals surface area contributed by atoms with Gasteiger partial charge in [-0.2, -0.15) is 0 Å². The van der Waals surface area contributed by atoms with Gasteiger partial charge in [-0.25, -0.2) is 0 Å². The highest BCUT2D eigenvalue weighted by molar-refractivity contribution is 5.79. The van der Waals surface area contributed by atoms with Gasteiger partial charge in [0.1, 0.15) is 13.2 Å². The number of ether oxygens (including phenoxy) is 2. The molecule has 32 heavy (non-hydrogen) atoms. The molecule has 1 N–H and O–H groups in total. The Bertz CT molecular complexity index is 1020. The van der Waals surface area contributed by atoms with Crippen molar-refractivity contribution in [2.75, 3.05) is 26.3 Å². The van der Waals surface area contributed by atoms with Crippen LogP contribution in [0.25, 0.3) is 0 Å². The first kappa shape index (κ1) is 20.5. The summed E-state index contributed by atoms with van der Waals surface area (Å²) in [6.07, 6.45) is 3.73. The van der Waals surface area contributed by atoms with Crippen molar-refractivity contribution >= 4 is 5.91 Å². The van der Waals surface area contributed by atoms with Crippen LogP contribution in [0, 0.1) is 0 Å². The van der Waals surface area contributed by atoms with Crippen LogP contribution in [0.15, 0.2) is 72.9 Å². The van der Waals surface area contributed by atoms with Gasteiger partial charge in [-0.3, -0.25) is 15.1 Å². The molecule has 6 nitrogen and oxygen atoms in total. The highest BCUT2D eigenvalue weighted by atomic mass is 16.6. The first-order valence-electron chi connectivity index (χ1n) is 11.2. The molecule has 3 aromatic rings. The lowest BCUT2D eigenvalue weighted by Gasteiger charge is -2.28. The van der Waals surface area contributed by atoms with E-state index in [1.54, 1.807) is 6.20 Å². The van der Waals surface area contributed by atoms with Crippen LogP contribution >= 0.6 is 0 Å². The van der Waals surface area contributed by atoms with E-state index < -0.39 is 0 Å². The van der Waals surface area contributed by atoms with Gasteiger partial charge in [0.05, 0.1) is 24.3 Å². The predicted molar refractivity (Wildman–Crippen MR) is 122 cm³/mol. The van der Waals surface area contributed by atoms with Gasteiger partial charge in [0.25, 0.3) is 0 Å². The maximum absolute atomic E-state index is 13.3. The number of likely N-dealkylation sites (tertiary alicyclic amines) is 1. The average Bonchev–Trinajstić information content (AvgIpc) is 3.35. The topological polar surface area (TPSA) is 63.7 Å². The summed E-state index contributed by atoms with van der Waals surface area (Å²) in [6.45, 7) is 2.14. The van der Waals surface area contributed by atoms with Crippen molar-refractivity contribution in [2.45, 2.75) is 24.9 Å². The van der Waals surface area contributed by atoms with E-state index in [4.69, 9.17) is 9.47 Å². The first-order chi connectivity index (χ1) is 15.8. The van der Waals surface area contributed by atoms with E-state index in [-0.39, 0.29) is 24.5 Å². The van der Waals surface area contributed by atoms with Gasteiger partial charge in [-0.05, 0) is 48.2 Å². The minimum absolute atomic E-state index is 0.0603. The second-order valence-electron chi connectivity index (χ2n) is 8.13. The highest BCUT2D eigenvalue weighted by Gasteiger charge is 2.31. The Kier molecular flexibility index (Phi) is 6.03. The van der Waals surface area contributed by atoms with Gasteiger partial charge >= 0.3 is 0 Å². The van der Waals surface area contributed by atoms with Gasteiger partial charge in [-0.1, -0.05) is 42.5 Å². The quantitative estimate of drug-likeness (QED) is 0.644. The van der Waals surface area contributed by atoms with E-state index in [9.17, 15) is 4.79 Å². The molecule has 2 aliphatic rings. The normalized spacial score (nSPS) is 18.4. The van der Waals surface area contributed by atoms with Crippen molar-refractivity contribution in [3.63, 3.8) is 0 Å². The fraction of sp³-hybridized carbons (Fsp3) is 0.308. The molecule has 3 heterocycles. The largest absolute Gasteiger partial charge is 0.486 e. The first-order valence-corrected chi connectivity index (χ1v) is 11.2. The Morgan fingerprint density at radius 3 is 2.66 bits per heavy atom. The molecule has 2 atom stereocenters. The lowest BCUT2D eigenvalue weighted by molar-refractivity contribution is -0.131. The highest BCUT2D eigenvalue weighted by Crippen LogP contribution is 2.38. The molecule has 5 rings (SSSR count). The number of hydrogen-bond donors (Lipinski definition) is 1. The SMILES string of the molecule is O=C(CNC(c1ccccc1)c1ccccn1)N1CCCC1c1ccc2c(c1)OCCO2. The molecule has 1 aromatic heterocycles. The third-order valence-electron chi connectivity index (χ3n) is 6.10. The van der Waals surface area contributed by atoms with Crippen LogP contribution in [0.3, 0.4) is 0 Å². The number of amides is 1. The zero-order valence-electron chi connectivity index (χ0n) is 17.9. The monoisotopic (exact) mass is 429 g/mol. The molecule has 6 heteroatoms. The third-order valence-corrected chi connectivity index (χ3v) is 6.10. The molecule has 1 saturated heterocycles. The van der Waals surface area contributed by atoms with Gasteiger partial charge in [-0.15, -0.1) is 0 Å². The van der Waals surface area contributed by atoms with Crippen LogP contribution in [0.4, 0.5) is 0 Å². The number of carbonyl (C=O) groups is 1.